The Morgan fingerprint density at radius 1 is 1.12 bits per heavy atom. The van der Waals surface area contributed by atoms with Crippen molar-refractivity contribution in [3.8, 4) is 0 Å². The smallest absolute Gasteiger partial charge is 0.0716 e. The fourth-order valence-corrected chi connectivity index (χ4v) is 1.38. The van der Waals surface area contributed by atoms with Gasteiger partial charge in [-0.2, -0.15) is 0 Å². The summed E-state index contributed by atoms with van der Waals surface area (Å²) in [4.78, 5) is 0. The van der Waals surface area contributed by atoms with E-state index >= 15 is 0 Å². The minimum atomic E-state index is 0.719. The molecule has 1 aromatic carbocycles. The fraction of sp³-hybridized carbons (Fsp3) is 0.333. The molecule has 0 spiro atoms. The number of allylic oxidation sites excluding steroid dienone is 3. The zero-order valence-electron chi connectivity index (χ0n) is 9.77. The highest BCUT2D eigenvalue weighted by Crippen LogP contribution is 2.01. The van der Waals surface area contributed by atoms with Crippen LogP contribution < -0.4 is 0 Å². The maximum atomic E-state index is 5.57. The number of ether oxygens (including phenoxy) is 1. The second-order valence-electron chi connectivity index (χ2n) is 3.68. The molecule has 1 heteroatoms. The molecule has 0 saturated heterocycles. The third kappa shape index (κ3) is 6.20. The maximum absolute atomic E-state index is 5.57. The number of hydrogen-bond donors (Lipinski definition) is 0. The Morgan fingerprint density at radius 2 is 1.94 bits per heavy atom. The van der Waals surface area contributed by atoms with Gasteiger partial charge >= 0.3 is 0 Å². The van der Waals surface area contributed by atoms with E-state index in [-0.39, 0.29) is 0 Å². The normalized spacial score (nSPS) is 10.8. The molecule has 0 aliphatic rings. The first-order valence-corrected chi connectivity index (χ1v) is 5.81. The molecule has 0 aliphatic heterocycles. The summed E-state index contributed by atoms with van der Waals surface area (Å²) in [5.41, 5.74) is 1.24. The van der Waals surface area contributed by atoms with Crippen molar-refractivity contribution < 1.29 is 4.74 Å². The minimum Gasteiger partial charge on any atom is -0.377 e. The molecule has 0 aromatic heterocycles. The summed E-state index contributed by atoms with van der Waals surface area (Å²) >= 11 is 0. The van der Waals surface area contributed by atoms with E-state index in [4.69, 9.17) is 4.74 Å². The van der Waals surface area contributed by atoms with Gasteiger partial charge in [-0.05, 0) is 24.8 Å². The third-order valence-electron chi connectivity index (χ3n) is 2.24. The molecule has 0 heterocycles. The molecule has 16 heavy (non-hydrogen) atoms. The van der Waals surface area contributed by atoms with E-state index in [2.05, 4.69) is 30.9 Å². The maximum Gasteiger partial charge on any atom is 0.0716 e. The van der Waals surface area contributed by atoms with Gasteiger partial charge in [0.25, 0.3) is 0 Å². The minimum absolute atomic E-state index is 0.719. The molecule has 0 saturated carbocycles. The number of hydrogen-bond acceptors (Lipinski definition) is 1. The lowest BCUT2D eigenvalue weighted by molar-refractivity contribution is 0.119. The topological polar surface area (TPSA) is 9.23 Å². The van der Waals surface area contributed by atoms with Gasteiger partial charge in [0, 0.05) is 6.61 Å². The average Bonchev–Trinajstić information content (AvgIpc) is 2.34. The van der Waals surface area contributed by atoms with Gasteiger partial charge in [-0.15, -0.1) is 6.58 Å². The quantitative estimate of drug-likeness (QED) is 0.469. The van der Waals surface area contributed by atoms with Crippen molar-refractivity contribution in [1.29, 1.82) is 0 Å². The molecular formula is C15H20O. The van der Waals surface area contributed by atoms with Crippen LogP contribution in [0.1, 0.15) is 24.8 Å². The van der Waals surface area contributed by atoms with Crippen LogP contribution in [-0.2, 0) is 11.3 Å². The third-order valence-corrected chi connectivity index (χ3v) is 2.24. The van der Waals surface area contributed by atoms with Gasteiger partial charge in [0.1, 0.15) is 0 Å². The van der Waals surface area contributed by atoms with Crippen LogP contribution in [-0.4, -0.2) is 6.61 Å². The van der Waals surface area contributed by atoms with Crippen LogP contribution in [0.3, 0.4) is 0 Å². The van der Waals surface area contributed by atoms with E-state index in [1.54, 1.807) is 0 Å². The lowest BCUT2D eigenvalue weighted by atomic mass is 10.2. The summed E-state index contributed by atoms with van der Waals surface area (Å²) in [6.45, 7) is 5.21. The van der Waals surface area contributed by atoms with Gasteiger partial charge in [0.05, 0.1) is 6.61 Å². The second kappa shape index (κ2) is 8.93. The highest BCUT2D eigenvalue weighted by Gasteiger charge is 1.90. The van der Waals surface area contributed by atoms with Crippen molar-refractivity contribution in [1.82, 2.24) is 0 Å². The Kier molecular flexibility index (Phi) is 7.10. The summed E-state index contributed by atoms with van der Waals surface area (Å²) in [6.07, 6.45) is 9.37. The molecule has 0 fully saturated rings. The fourth-order valence-electron chi connectivity index (χ4n) is 1.38. The Morgan fingerprint density at radius 3 is 2.69 bits per heavy atom. The van der Waals surface area contributed by atoms with Crippen LogP contribution >= 0.6 is 0 Å². The standard InChI is InChI=1S/C15H20O/c1-2-3-4-5-6-10-13-16-14-15-11-8-7-9-12-15/h2,4-5,7-9,11-12H,1,3,6,10,13-14H2/b5-4+. The number of unbranched alkanes of at least 4 members (excludes halogenated alkanes) is 1. The predicted octanol–water partition coefficient (Wildman–Crippen LogP) is 4.12. The average molecular weight is 216 g/mol. The summed E-state index contributed by atoms with van der Waals surface area (Å²) in [5.74, 6) is 0. The van der Waals surface area contributed by atoms with Crippen LogP contribution in [0, 0.1) is 0 Å². The van der Waals surface area contributed by atoms with Gasteiger partial charge < -0.3 is 4.74 Å². The van der Waals surface area contributed by atoms with E-state index in [0.29, 0.717) is 0 Å². The van der Waals surface area contributed by atoms with E-state index in [0.717, 1.165) is 32.5 Å². The van der Waals surface area contributed by atoms with Crippen molar-refractivity contribution in [3.05, 3.63) is 60.7 Å². The Hall–Kier alpha value is -1.34. The van der Waals surface area contributed by atoms with Gasteiger partial charge in [-0.1, -0.05) is 48.6 Å². The molecule has 0 atom stereocenters. The summed E-state index contributed by atoms with van der Waals surface area (Å²) in [6, 6.07) is 10.3. The highest BCUT2D eigenvalue weighted by atomic mass is 16.5. The van der Waals surface area contributed by atoms with E-state index in [9.17, 15) is 0 Å². The number of rotatable bonds is 8. The Balaban J connectivity index is 1.98. The van der Waals surface area contributed by atoms with Gasteiger partial charge in [-0.3, -0.25) is 0 Å². The molecule has 86 valence electrons. The molecule has 0 radical (unpaired) electrons. The van der Waals surface area contributed by atoms with Crippen LogP contribution in [0.25, 0.3) is 0 Å². The van der Waals surface area contributed by atoms with Crippen molar-refractivity contribution in [3.63, 3.8) is 0 Å². The van der Waals surface area contributed by atoms with Crippen LogP contribution in [0.2, 0.25) is 0 Å². The van der Waals surface area contributed by atoms with E-state index in [1.807, 2.05) is 24.3 Å². The zero-order valence-corrected chi connectivity index (χ0v) is 9.77. The number of benzene rings is 1. The Labute approximate surface area is 98.5 Å². The van der Waals surface area contributed by atoms with Crippen LogP contribution in [0.5, 0.6) is 0 Å². The molecular weight excluding hydrogens is 196 g/mol. The SMILES string of the molecule is C=CC/C=C/CCCOCc1ccccc1. The molecule has 0 bridgehead atoms. The van der Waals surface area contributed by atoms with Crippen molar-refractivity contribution in [2.75, 3.05) is 6.61 Å². The largest absolute Gasteiger partial charge is 0.377 e. The predicted molar refractivity (Wildman–Crippen MR) is 69.3 cm³/mol. The molecule has 0 aliphatic carbocycles. The lowest BCUT2D eigenvalue weighted by Crippen LogP contribution is -1.94. The lowest BCUT2D eigenvalue weighted by Gasteiger charge is -2.02. The molecule has 1 rings (SSSR count). The molecule has 0 amide bonds. The first kappa shape index (κ1) is 12.7. The van der Waals surface area contributed by atoms with E-state index in [1.165, 1.54) is 5.56 Å². The van der Waals surface area contributed by atoms with Gasteiger partial charge in [0.15, 0.2) is 0 Å². The molecule has 0 unspecified atom stereocenters. The van der Waals surface area contributed by atoms with Crippen molar-refractivity contribution in [2.24, 2.45) is 0 Å². The van der Waals surface area contributed by atoms with Crippen molar-refractivity contribution in [2.45, 2.75) is 25.9 Å². The molecule has 1 nitrogen and oxygen atoms in total. The first-order chi connectivity index (χ1) is 7.93. The first-order valence-electron chi connectivity index (χ1n) is 5.81. The zero-order chi connectivity index (χ0) is 11.5. The van der Waals surface area contributed by atoms with Gasteiger partial charge in [0.2, 0.25) is 0 Å². The Bertz CT molecular complexity index is 300. The highest BCUT2D eigenvalue weighted by molar-refractivity contribution is 5.13. The monoisotopic (exact) mass is 216 g/mol. The van der Waals surface area contributed by atoms with Gasteiger partial charge in [-0.25, -0.2) is 0 Å². The molecule has 0 N–H and O–H groups in total. The molecule has 1 aromatic rings. The second-order valence-corrected chi connectivity index (χ2v) is 3.68. The summed E-state index contributed by atoms with van der Waals surface area (Å²) in [7, 11) is 0. The van der Waals surface area contributed by atoms with E-state index < -0.39 is 0 Å². The van der Waals surface area contributed by atoms with Crippen molar-refractivity contribution >= 4 is 0 Å². The van der Waals surface area contributed by atoms with Crippen LogP contribution in [0.4, 0.5) is 0 Å². The van der Waals surface area contributed by atoms with Crippen LogP contribution in [0.15, 0.2) is 55.1 Å². The summed E-state index contributed by atoms with van der Waals surface area (Å²) in [5, 5.41) is 0. The summed E-state index contributed by atoms with van der Waals surface area (Å²) < 4.78 is 5.57.